The maximum Gasteiger partial charge on any atom is 0.227 e. The van der Waals surface area contributed by atoms with Crippen LogP contribution in [0, 0.1) is 0 Å². The van der Waals surface area contributed by atoms with Crippen LogP contribution in [0.25, 0.3) is 10.2 Å². The molecule has 0 radical (unpaired) electrons. The van der Waals surface area contributed by atoms with Crippen LogP contribution < -0.4 is 4.74 Å². The summed E-state index contributed by atoms with van der Waals surface area (Å²) in [6, 6.07) is 1.91. The molecule has 0 aliphatic carbocycles. The van der Waals surface area contributed by atoms with Crippen molar-refractivity contribution in [3.8, 4) is 5.88 Å². The molecular weight excluding hydrogens is 196 g/mol. The molecule has 0 amide bonds. The third-order valence-corrected chi connectivity index (χ3v) is 2.43. The maximum atomic E-state index is 5.66. The summed E-state index contributed by atoms with van der Waals surface area (Å²) in [6.45, 7) is 0. The molecule has 62 valence electrons. The highest BCUT2D eigenvalue weighted by Crippen LogP contribution is 2.27. The van der Waals surface area contributed by atoms with Gasteiger partial charge in [0.2, 0.25) is 11.2 Å². The minimum Gasteiger partial charge on any atom is -0.480 e. The lowest BCUT2D eigenvalue weighted by atomic mass is 10.4. The SMILES string of the molecule is COc1nc(Cl)nc2sccc12. The van der Waals surface area contributed by atoms with Gasteiger partial charge in [-0.1, -0.05) is 0 Å². The molecule has 5 heteroatoms. The van der Waals surface area contributed by atoms with Crippen LogP contribution in [-0.2, 0) is 0 Å². The number of nitrogens with zero attached hydrogens (tertiary/aromatic N) is 2. The minimum atomic E-state index is 0.224. The number of hydrogen-bond acceptors (Lipinski definition) is 4. The molecule has 12 heavy (non-hydrogen) atoms. The molecule has 0 fully saturated rings. The lowest BCUT2D eigenvalue weighted by molar-refractivity contribution is 0.403. The molecule has 3 nitrogen and oxygen atoms in total. The first-order valence-electron chi connectivity index (χ1n) is 3.26. The second-order valence-corrected chi connectivity index (χ2v) is 3.37. The van der Waals surface area contributed by atoms with Crippen molar-refractivity contribution >= 4 is 33.2 Å². The normalized spacial score (nSPS) is 10.5. The highest BCUT2D eigenvalue weighted by Gasteiger charge is 2.06. The third kappa shape index (κ3) is 1.13. The Morgan fingerprint density at radius 1 is 1.50 bits per heavy atom. The van der Waals surface area contributed by atoms with E-state index in [1.54, 1.807) is 7.11 Å². The molecule has 0 aliphatic heterocycles. The number of rotatable bonds is 1. The molecule has 0 atom stereocenters. The van der Waals surface area contributed by atoms with E-state index in [1.807, 2.05) is 11.4 Å². The summed E-state index contributed by atoms with van der Waals surface area (Å²) in [5.41, 5.74) is 0. The van der Waals surface area contributed by atoms with E-state index in [1.165, 1.54) is 11.3 Å². The van der Waals surface area contributed by atoms with E-state index >= 15 is 0 Å². The van der Waals surface area contributed by atoms with Crippen LogP contribution in [0.5, 0.6) is 5.88 Å². The number of aromatic nitrogens is 2. The van der Waals surface area contributed by atoms with E-state index < -0.39 is 0 Å². The van der Waals surface area contributed by atoms with Gasteiger partial charge in [0.1, 0.15) is 4.83 Å². The van der Waals surface area contributed by atoms with Crippen LogP contribution in [-0.4, -0.2) is 17.1 Å². The standard InChI is InChI=1S/C7H5ClN2OS/c1-11-5-4-2-3-12-6(4)10-7(8)9-5/h2-3H,1H3. The van der Waals surface area contributed by atoms with Crippen molar-refractivity contribution in [2.24, 2.45) is 0 Å². The Kier molecular flexibility index (Phi) is 1.86. The Hall–Kier alpha value is -0.870. The highest BCUT2D eigenvalue weighted by atomic mass is 35.5. The second kappa shape index (κ2) is 2.88. The highest BCUT2D eigenvalue weighted by molar-refractivity contribution is 7.16. The minimum absolute atomic E-state index is 0.224. The van der Waals surface area contributed by atoms with Gasteiger partial charge in [-0.25, -0.2) is 4.98 Å². The van der Waals surface area contributed by atoms with Crippen molar-refractivity contribution in [1.82, 2.24) is 9.97 Å². The maximum absolute atomic E-state index is 5.66. The van der Waals surface area contributed by atoms with Crippen molar-refractivity contribution in [2.45, 2.75) is 0 Å². The van der Waals surface area contributed by atoms with Gasteiger partial charge in [-0.05, 0) is 23.0 Å². The van der Waals surface area contributed by atoms with Gasteiger partial charge in [-0.2, -0.15) is 4.98 Å². The molecule has 0 unspecified atom stereocenters. The topological polar surface area (TPSA) is 35.0 Å². The van der Waals surface area contributed by atoms with Crippen LogP contribution in [0.4, 0.5) is 0 Å². The molecule has 0 saturated carbocycles. The molecule has 0 spiro atoms. The fourth-order valence-electron chi connectivity index (χ4n) is 0.959. The fourth-order valence-corrected chi connectivity index (χ4v) is 1.92. The van der Waals surface area contributed by atoms with Gasteiger partial charge in [-0.3, -0.25) is 0 Å². The fraction of sp³-hybridized carbons (Fsp3) is 0.143. The van der Waals surface area contributed by atoms with Gasteiger partial charge < -0.3 is 4.74 Å². The molecule has 2 aromatic heterocycles. The summed E-state index contributed by atoms with van der Waals surface area (Å²) >= 11 is 7.18. The van der Waals surface area contributed by atoms with E-state index in [2.05, 4.69) is 9.97 Å². The quantitative estimate of drug-likeness (QED) is 0.663. The van der Waals surface area contributed by atoms with Crippen LogP contribution in [0.1, 0.15) is 0 Å². The largest absolute Gasteiger partial charge is 0.480 e. The molecule has 2 heterocycles. The zero-order chi connectivity index (χ0) is 8.55. The Balaban J connectivity index is 2.80. The zero-order valence-corrected chi connectivity index (χ0v) is 7.82. The Morgan fingerprint density at radius 2 is 2.33 bits per heavy atom. The van der Waals surface area contributed by atoms with Gasteiger partial charge in [0.05, 0.1) is 12.5 Å². The number of fused-ring (bicyclic) bond motifs is 1. The van der Waals surface area contributed by atoms with Gasteiger partial charge in [-0.15, -0.1) is 11.3 Å². The van der Waals surface area contributed by atoms with Crippen molar-refractivity contribution < 1.29 is 4.74 Å². The van der Waals surface area contributed by atoms with E-state index in [0.717, 1.165) is 10.2 Å². The Morgan fingerprint density at radius 3 is 3.08 bits per heavy atom. The number of halogens is 1. The van der Waals surface area contributed by atoms with Crippen molar-refractivity contribution in [2.75, 3.05) is 7.11 Å². The molecule has 2 rings (SSSR count). The number of hydrogen-bond donors (Lipinski definition) is 0. The average molecular weight is 201 g/mol. The Labute approximate surface area is 78.0 Å². The summed E-state index contributed by atoms with van der Waals surface area (Å²) < 4.78 is 5.04. The summed E-state index contributed by atoms with van der Waals surface area (Å²) in [5.74, 6) is 0.534. The summed E-state index contributed by atoms with van der Waals surface area (Å²) in [5, 5.41) is 3.06. The molecule has 0 aliphatic rings. The number of ether oxygens (including phenoxy) is 1. The number of methoxy groups -OCH3 is 1. The molecule has 2 aromatic rings. The first kappa shape index (κ1) is 7.76. The van der Waals surface area contributed by atoms with Crippen LogP contribution in [0.3, 0.4) is 0 Å². The van der Waals surface area contributed by atoms with E-state index in [4.69, 9.17) is 16.3 Å². The molecular formula is C7H5ClN2OS. The average Bonchev–Trinajstić information content (AvgIpc) is 2.50. The smallest absolute Gasteiger partial charge is 0.227 e. The predicted octanol–water partition coefficient (Wildman–Crippen LogP) is 2.35. The second-order valence-electron chi connectivity index (χ2n) is 2.14. The third-order valence-electron chi connectivity index (χ3n) is 1.46. The van der Waals surface area contributed by atoms with Gasteiger partial charge >= 0.3 is 0 Å². The van der Waals surface area contributed by atoms with Gasteiger partial charge in [0, 0.05) is 0 Å². The molecule has 0 saturated heterocycles. The summed E-state index contributed by atoms with van der Waals surface area (Å²) in [6.07, 6.45) is 0. The monoisotopic (exact) mass is 200 g/mol. The van der Waals surface area contributed by atoms with E-state index in [9.17, 15) is 0 Å². The Bertz CT molecular complexity index is 415. The van der Waals surface area contributed by atoms with Crippen LogP contribution in [0.2, 0.25) is 5.28 Å². The van der Waals surface area contributed by atoms with Crippen molar-refractivity contribution in [3.05, 3.63) is 16.7 Å². The first-order chi connectivity index (χ1) is 5.81. The summed E-state index contributed by atoms with van der Waals surface area (Å²) in [4.78, 5) is 8.82. The lowest BCUT2D eigenvalue weighted by Crippen LogP contribution is -1.89. The molecule has 0 aromatic carbocycles. The first-order valence-corrected chi connectivity index (χ1v) is 4.52. The van der Waals surface area contributed by atoms with E-state index in [-0.39, 0.29) is 5.28 Å². The summed E-state index contributed by atoms with van der Waals surface area (Å²) in [7, 11) is 1.57. The number of thiophene rings is 1. The van der Waals surface area contributed by atoms with E-state index in [0.29, 0.717) is 5.88 Å². The van der Waals surface area contributed by atoms with Gasteiger partial charge in [0.15, 0.2) is 0 Å². The van der Waals surface area contributed by atoms with Crippen molar-refractivity contribution in [3.63, 3.8) is 0 Å². The van der Waals surface area contributed by atoms with Gasteiger partial charge in [0.25, 0.3) is 0 Å². The predicted molar refractivity (Wildman–Crippen MR) is 49.0 cm³/mol. The zero-order valence-electron chi connectivity index (χ0n) is 6.24. The lowest BCUT2D eigenvalue weighted by Gasteiger charge is -1.99. The van der Waals surface area contributed by atoms with Crippen LogP contribution in [0.15, 0.2) is 11.4 Å². The van der Waals surface area contributed by atoms with Crippen molar-refractivity contribution in [1.29, 1.82) is 0 Å². The van der Waals surface area contributed by atoms with Crippen LogP contribution >= 0.6 is 22.9 Å². The molecule has 0 bridgehead atoms. The molecule has 0 N–H and O–H groups in total.